The van der Waals surface area contributed by atoms with Crippen LogP contribution in [0.1, 0.15) is 30.7 Å². The standard InChI is InChI=1S/C21H22F2N8O2S2/c1-29(2)19(32)12-3-6-30(10-12)15-7-13(35(33)28-21(11-24)4-5-21)8-16-14(15)9-25-31(16)20-27-26-18(34-20)17(22)23/h7-9,12,17,28H,3-6,10H2,1-2H3. The first kappa shape index (κ1) is 23.9. The molecule has 2 aromatic heterocycles. The summed E-state index contributed by atoms with van der Waals surface area (Å²) in [6.45, 7) is 1.10. The van der Waals surface area contributed by atoms with Crippen molar-refractivity contribution in [1.29, 1.82) is 5.26 Å². The van der Waals surface area contributed by atoms with Crippen LogP contribution in [0.3, 0.4) is 0 Å². The summed E-state index contributed by atoms with van der Waals surface area (Å²) in [5.41, 5.74) is 0.449. The van der Waals surface area contributed by atoms with Crippen molar-refractivity contribution in [2.75, 3.05) is 32.1 Å². The Morgan fingerprint density at radius 3 is 2.80 bits per heavy atom. The van der Waals surface area contributed by atoms with Crippen LogP contribution < -0.4 is 9.62 Å². The van der Waals surface area contributed by atoms with E-state index in [0.717, 1.165) is 17.0 Å². The molecule has 1 aromatic carbocycles. The molecule has 1 N–H and O–H groups in total. The first-order valence-corrected chi connectivity index (χ1v) is 12.9. The van der Waals surface area contributed by atoms with Gasteiger partial charge in [0.1, 0.15) is 5.54 Å². The summed E-state index contributed by atoms with van der Waals surface area (Å²) < 4.78 is 43.7. The minimum Gasteiger partial charge on any atom is -0.593 e. The van der Waals surface area contributed by atoms with Gasteiger partial charge in [-0.05, 0) is 19.3 Å². The molecule has 14 heteroatoms. The molecular formula is C21H22F2N8O2S2. The summed E-state index contributed by atoms with van der Waals surface area (Å²) in [6, 6.07) is 5.61. The molecule has 3 heterocycles. The lowest BCUT2D eigenvalue weighted by atomic mass is 10.1. The zero-order valence-corrected chi connectivity index (χ0v) is 20.6. The Kier molecular flexibility index (Phi) is 6.12. The first-order valence-electron chi connectivity index (χ1n) is 10.9. The Morgan fingerprint density at radius 2 is 2.17 bits per heavy atom. The molecule has 5 rings (SSSR count). The van der Waals surface area contributed by atoms with Crippen LogP contribution in [0.25, 0.3) is 16.0 Å². The number of carbonyl (C=O) groups excluding carboxylic acids is 1. The van der Waals surface area contributed by atoms with Crippen molar-refractivity contribution in [2.45, 2.75) is 36.1 Å². The monoisotopic (exact) mass is 520 g/mol. The highest BCUT2D eigenvalue weighted by atomic mass is 32.2. The molecule has 2 unspecified atom stereocenters. The van der Waals surface area contributed by atoms with Gasteiger partial charge in [0.15, 0.2) is 9.90 Å². The molecule has 2 fully saturated rings. The molecule has 1 aliphatic carbocycles. The Balaban J connectivity index is 1.56. The predicted molar refractivity (Wildman–Crippen MR) is 126 cm³/mol. The van der Waals surface area contributed by atoms with Crippen LogP contribution in [-0.2, 0) is 16.2 Å². The fourth-order valence-corrected chi connectivity index (χ4v) is 5.98. The number of aromatic nitrogens is 4. The number of nitriles is 1. The average molecular weight is 521 g/mol. The van der Waals surface area contributed by atoms with Gasteiger partial charge < -0.3 is 14.4 Å². The molecule has 1 saturated carbocycles. The predicted octanol–water partition coefficient (Wildman–Crippen LogP) is 2.40. The van der Waals surface area contributed by atoms with Crippen LogP contribution in [0.2, 0.25) is 0 Å². The smallest absolute Gasteiger partial charge is 0.291 e. The van der Waals surface area contributed by atoms with Crippen molar-refractivity contribution < 1.29 is 18.1 Å². The molecule has 3 aromatic rings. The maximum Gasteiger partial charge on any atom is 0.291 e. The van der Waals surface area contributed by atoms with Gasteiger partial charge in [-0.15, -0.1) is 14.9 Å². The average Bonchev–Trinajstić information content (AvgIpc) is 3.25. The Bertz CT molecular complexity index is 1320. The number of rotatable bonds is 7. The van der Waals surface area contributed by atoms with Gasteiger partial charge in [0.05, 0.1) is 40.7 Å². The number of benzene rings is 1. The number of fused-ring (bicyclic) bond motifs is 1. The second-order valence-corrected chi connectivity index (χ2v) is 11.1. The number of halogens is 2. The molecule has 35 heavy (non-hydrogen) atoms. The van der Waals surface area contributed by atoms with E-state index >= 15 is 0 Å². The van der Waals surface area contributed by atoms with Gasteiger partial charge >= 0.3 is 0 Å². The largest absolute Gasteiger partial charge is 0.593 e. The quantitative estimate of drug-likeness (QED) is 0.471. The minimum atomic E-state index is -2.75. The molecule has 184 valence electrons. The van der Waals surface area contributed by atoms with Gasteiger partial charge in [-0.2, -0.15) is 10.4 Å². The summed E-state index contributed by atoms with van der Waals surface area (Å²) in [5.74, 6) is -0.133. The molecule has 0 radical (unpaired) electrons. The Labute approximate surface area is 206 Å². The lowest BCUT2D eigenvalue weighted by Gasteiger charge is -2.22. The maximum absolute atomic E-state index is 13.2. The van der Waals surface area contributed by atoms with E-state index in [-0.39, 0.29) is 17.0 Å². The van der Waals surface area contributed by atoms with Crippen molar-refractivity contribution in [1.82, 2.24) is 29.6 Å². The number of nitrogens with zero attached hydrogens (tertiary/aromatic N) is 7. The first-order chi connectivity index (χ1) is 16.7. The molecule has 0 bridgehead atoms. The van der Waals surface area contributed by atoms with E-state index in [2.05, 4.69) is 26.1 Å². The normalized spacial score (nSPS) is 19.8. The highest BCUT2D eigenvalue weighted by Crippen LogP contribution is 2.39. The van der Waals surface area contributed by atoms with Crippen LogP contribution in [0.15, 0.2) is 23.2 Å². The van der Waals surface area contributed by atoms with Gasteiger partial charge in [-0.25, -0.2) is 13.5 Å². The fraction of sp³-hybridized carbons (Fsp3) is 0.476. The molecular weight excluding hydrogens is 498 g/mol. The van der Waals surface area contributed by atoms with E-state index < -0.39 is 28.3 Å². The molecule has 1 aliphatic heterocycles. The summed E-state index contributed by atoms with van der Waals surface area (Å²) in [5, 5.41) is 21.6. The minimum absolute atomic E-state index is 0.0407. The summed E-state index contributed by atoms with van der Waals surface area (Å²) >= 11 is -0.974. The summed E-state index contributed by atoms with van der Waals surface area (Å²) in [7, 11) is 3.45. The van der Waals surface area contributed by atoms with Gasteiger partial charge in [0.2, 0.25) is 11.0 Å². The van der Waals surface area contributed by atoms with Crippen LogP contribution in [0, 0.1) is 17.2 Å². The Morgan fingerprint density at radius 1 is 1.40 bits per heavy atom. The highest BCUT2D eigenvalue weighted by Gasteiger charge is 2.48. The third-order valence-corrected chi connectivity index (χ3v) is 8.37. The second kappa shape index (κ2) is 8.98. The van der Waals surface area contributed by atoms with E-state index in [4.69, 9.17) is 0 Å². The molecule has 2 atom stereocenters. The van der Waals surface area contributed by atoms with Crippen LogP contribution in [0.4, 0.5) is 14.5 Å². The number of alkyl halides is 2. The maximum atomic E-state index is 13.2. The fourth-order valence-electron chi connectivity index (χ4n) is 4.15. The van der Waals surface area contributed by atoms with Gasteiger partial charge in [0, 0.05) is 44.7 Å². The highest BCUT2D eigenvalue weighted by molar-refractivity contribution is 7.89. The number of hydrogen-bond acceptors (Lipinski definition) is 9. The van der Waals surface area contributed by atoms with Crippen molar-refractivity contribution >= 4 is 45.2 Å². The van der Waals surface area contributed by atoms with Crippen molar-refractivity contribution in [3.63, 3.8) is 0 Å². The zero-order valence-electron chi connectivity index (χ0n) is 18.9. The SMILES string of the molecule is CN(C)C(=O)C1CCN(c2cc([S+]([O-])NC3(C#N)CC3)cc3c2cnn3-c2nnc(C(F)F)s2)C1. The molecule has 2 aliphatic rings. The third-order valence-electron chi connectivity index (χ3n) is 6.22. The topological polar surface area (TPSA) is 126 Å². The number of nitrogens with one attached hydrogen (secondary N) is 1. The van der Waals surface area contributed by atoms with E-state index in [1.54, 1.807) is 37.3 Å². The van der Waals surface area contributed by atoms with Crippen LogP contribution in [-0.4, -0.2) is 68.1 Å². The van der Waals surface area contributed by atoms with Crippen LogP contribution in [0.5, 0.6) is 0 Å². The van der Waals surface area contributed by atoms with Gasteiger partial charge in [-0.1, -0.05) is 11.3 Å². The Hall–Kier alpha value is -2.86. The van der Waals surface area contributed by atoms with E-state index in [1.165, 1.54) is 4.68 Å². The van der Waals surface area contributed by atoms with Crippen molar-refractivity contribution in [3.8, 4) is 11.2 Å². The molecule has 1 amide bonds. The molecule has 0 spiro atoms. The lowest BCUT2D eigenvalue weighted by molar-refractivity contribution is -0.132. The van der Waals surface area contributed by atoms with Crippen molar-refractivity contribution in [3.05, 3.63) is 23.3 Å². The number of amides is 1. The zero-order chi connectivity index (χ0) is 24.9. The van der Waals surface area contributed by atoms with E-state index in [9.17, 15) is 23.4 Å². The number of hydrogen-bond donors (Lipinski definition) is 1. The number of carbonyl (C=O) groups is 1. The second-order valence-electron chi connectivity index (χ2n) is 8.88. The molecule has 1 saturated heterocycles. The third kappa shape index (κ3) is 4.44. The number of anilines is 1. The molecule has 10 nitrogen and oxygen atoms in total. The van der Waals surface area contributed by atoms with Crippen LogP contribution >= 0.6 is 11.3 Å². The van der Waals surface area contributed by atoms with E-state index in [1.807, 2.05) is 4.90 Å². The van der Waals surface area contributed by atoms with Gasteiger partial charge in [0.25, 0.3) is 6.43 Å². The summed E-state index contributed by atoms with van der Waals surface area (Å²) in [6.07, 6.45) is 0.757. The lowest BCUT2D eigenvalue weighted by Crippen LogP contribution is -2.35. The summed E-state index contributed by atoms with van der Waals surface area (Å²) in [4.78, 5) is 16.6. The van der Waals surface area contributed by atoms with Gasteiger partial charge in [-0.3, -0.25) is 4.79 Å². The van der Waals surface area contributed by atoms with E-state index in [0.29, 0.717) is 48.2 Å². The van der Waals surface area contributed by atoms with Crippen molar-refractivity contribution in [2.24, 2.45) is 5.92 Å².